The second-order valence-electron chi connectivity index (χ2n) is 4.44. The Hall–Kier alpha value is -2.45. The van der Waals surface area contributed by atoms with Crippen molar-refractivity contribution >= 4 is 51.2 Å². The molecule has 3 N–H and O–H groups in total. The molecule has 3 aromatic rings. The number of aromatic hydroxyl groups is 2. The van der Waals surface area contributed by atoms with Crippen LogP contribution in [-0.2, 0) is 0 Å². The van der Waals surface area contributed by atoms with Gasteiger partial charge in [-0.05, 0) is 30.3 Å². The highest BCUT2D eigenvalue weighted by molar-refractivity contribution is 7.83. The molecule has 0 aliphatic heterocycles. The molecule has 0 saturated carbocycles. The number of phenols is 2. The number of amides is 2. The lowest BCUT2D eigenvalue weighted by molar-refractivity contribution is 0.260. The number of aromatic nitrogens is 1. The van der Waals surface area contributed by atoms with Gasteiger partial charge in [0.2, 0.25) is 5.13 Å². The predicted molar refractivity (Wildman–Crippen MR) is 89.9 cm³/mol. The van der Waals surface area contributed by atoms with Crippen molar-refractivity contribution in [3.05, 3.63) is 42.5 Å². The number of rotatable bonds is 2. The van der Waals surface area contributed by atoms with Crippen molar-refractivity contribution in [2.24, 2.45) is 0 Å². The Kier molecular flexibility index (Phi) is 3.78. The first-order valence-electron chi connectivity index (χ1n) is 6.21. The molecule has 2 aromatic carbocycles. The topological polar surface area (TPSA) is 85.7 Å². The van der Waals surface area contributed by atoms with E-state index in [1.807, 2.05) is 0 Å². The van der Waals surface area contributed by atoms with Gasteiger partial charge in [0.1, 0.15) is 11.5 Å². The molecule has 22 heavy (non-hydrogen) atoms. The van der Waals surface area contributed by atoms with E-state index in [1.54, 1.807) is 24.3 Å². The summed E-state index contributed by atoms with van der Waals surface area (Å²) >= 11 is 5.38. The SMILES string of the molecule is O=C(Nc1cccc(O)c1)N(S)c1nc2ccc(O)cc2s1. The van der Waals surface area contributed by atoms with Crippen LogP contribution in [0.4, 0.5) is 15.6 Å². The molecule has 6 nitrogen and oxygen atoms in total. The van der Waals surface area contributed by atoms with Crippen LogP contribution in [0, 0.1) is 0 Å². The fraction of sp³-hybridized carbons (Fsp3) is 0. The summed E-state index contributed by atoms with van der Waals surface area (Å²) < 4.78 is 1.82. The number of nitrogens with zero attached hydrogens (tertiary/aromatic N) is 2. The zero-order valence-corrected chi connectivity index (χ0v) is 12.8. The first kappa shape index (κ1) is 14.5. The third kappa shape index (κ3) is 2.92. The number of hydrogen-bond donors (Lipinski definition) is 4. The van der Waals surface area contributed by atoms with Crippen LogP contribution in [0.2, 0.25) is 0 Å². The van der Waals surface area contributed by atoms with Crippen molar-refractivity contribution in [1.29, 1.82) is 0 Å². The zero-order valence-electron chi connectivity index (χ0n) is 11.1. The number of thiazole rings is 1. The molecule has 0 saturated heterocycles. The Labute approximate surface area is 135 Å². The highest BCUT2D eigenvalue weighted by atomic mass is 32.1. The molecular formula is C14H11N3O3S2. The molecule has 0 aliphatic carbocycles. The van der Waals surface area contributed by atoms with E-state index < -0.39 is 6.03 Å². The van der Waals surface area contributed by atoms with Crippen LogP contribution in [0.5, 0.6) is 11.5 Å². The highest BCUT2D eigenvalue weighted by Gasteiger charge is 2.17. The van der Waals surface area contributed by atoms with Gasteiger partial charge in [-0.25, -0.2) is 14.1 Å². The fourth-order valence-electron chi connectivity index (χ4n) is 1.84. The molecule has 112 valence electrons. The van der Waals surface area contributed by atoms with E-state index in [4.69, 9.17) is 0 Å². The van der Waals surface area contributed by atoms with Gasteiger partial charge in [-0.15, -0.1) is 0 Å². The van der Waals surface area contributed by atoms with Gasteiger partial charge in [0, 0.05) is 11.8 Å². The van der Waals surface area contributed by atoms with Crippen LogP contribution < -0.4 is 9.62 Å². The van der Waals surface area contributed by atoms with Crippen LogP contribution >= 0.6 is 24.2 Å². The number of phenolic OH excluding ortho intramolecular Hbond substituents is 2. The Bertz CT molecular complexity index is 850. The van der Waals surface area contributed by atoms with Gasteiger partial charge in [0.15, 0.2) is 0 Å². The minimum Gasteiger partial charge on any atom is -0.508 e. The standard InChI is InChI=1S/C14H11N3O3S2/c18-9-3-1-2-8(6-9)15-13(20)17(21)14-16-11-5-4-10(19)7-12(11)22-14/h1-7,18-19,21H,(H,15,20). The predicted octanol–water partition coefficient (Wildman–Crippen LogP) is 3.59. The second-order valence-corrected chi connectivity index (χ2v) is 5.85. The fourth-order valence-corrected chi connectivity index (χ4v) is 2.96. The average Bonchev–Trinajstić information content (AvgIpc) is 2.89. The number of benzene rings is 2. The van der Waals surface area contributed by atoms with Crippen molar-refractivity contribution in [3.63, 3.8) is 0 Å². The van der Waals surface area contributed by atoms with Gasteiger partial charge in [-0.1, -0.05) is 30.2 Å². The quantitative estimate of drug-likeness (QED) is 0.540. The Morgan fingerprint density at radius 1 is 1.18 bits per heavy atom. The minimum absolute atomic E-state index is 0.0546. The molecule has 0 spiro atoms. The minimum atomic E-state index is -0.503. The Morgan fingerprint density at radius 2 is 1.95 bits per heavy atom. The number of thiol groups is 1. The number of anilines is 2. The number of carbonyl (C=O) groups is 1. The third-order valence-corrected chi connectivity index (χ3v) is 4.34. The van der Waals surface area contributed by atoms with Crippen LogP contribution in [0.1, 0.15) is 0 Å². The van der Waals surface area contributed by atoms with E-state index in [1.165, 1.54) is 29.5 Å². The summed E-state index contributed by atoms with van der Waals surface area (Å²) in [5, 5.41) is 21.8. The average molecular weight is 333 g/mol. The lowest BCUT2D eigenvalue weighted by Crippen LogP contribution is -2.26. The van der Waals surface area contributed by atoms with Crippen molar-refractivity contribution in [2.45, 2.75) is 0 Å². The van der Waals surface area contributed by atoms with Gasteiger partial charge in [0.05, 0.1) is 10.2 Å². The molecule has 0 radical (unpaired) electrons. The maximum atomic E-state index is 12.1. The van der Waals surface area contributed by atoms with Gasteiger partial charge < -0.3 is 15.5 Å². The maximum Gasteiger partial charge on any atom is 0.338 e. The van der Waals surface area contributed by atoms with E-state index in [0.29, 0.717) is 16.3 Å². The summed E-state index contributed by atoms with van der Waals surface area (Å²) in [4.78, 5) is 16.4. The number of carbonyl (C=O) groups excluding carboxylic acids is 1. The van der Waals surface area contributed by atoms with Crippen molar-refractivity contribution in [3.8, 4) is 11.5 Å². The summed E-state index contributed by atoms with van der Waals surface area (Å²) in [7, 11) is 0. The summed E-state index contributed by atoms with van der Waals surface area (Å²) in [5.41, 5.74) is 1.12. The molecule has 3 rings (SSSR count). The molecule has 0 bridgehead atoms. The Balaban J connectivity index is 1.82. The molecule has 0 fully saturated rings. The van der Waals surface area contributed by atoms with Crippen LogP contribution in [-0.4, -0.2) is 21.2 Å². The molecule has 1 aromatic heterocycles. The summed E-state index contributed by atoms with van der Waals surface area (Å²) in [6.45, 7) is 0. The monoisotopic (exact) mass is 333 g/mol. The lowest BCUT2D eigenvalue weighted by atomic mass is 10.3. The van der Waals surface area contributed by atoms with Crippen molar-refractivity contribution in [2.75, 3.05) is 9.62 Å². The van der Waals surface area contributed by atoms with E-state index in [9.17, 15) is 15.0 Å². The largest absolute Gasteiger partial charge is 0.508 e. The summed E-state index contributed by atoms with van der Waals surface area (Å²) in [5.74, 6) is 0.191. The van der Waals surface area contributed by atoms with Crippen LogP contribution in [0.3, 0.4) is 0 Å². The first-order valence-corrected chi connectivity index (χ1v) is 7.43. The second kappa shape index (κ2) is 5.74. The molecule has 0 aliphatic rings. The highest BCUT2D eigenvalue weighted by Crippen LogP contribution is 2.32. The first-order chi connectivity index (χ1) is 10.5. The summed E-state index contributed by atoms with van der Waals surface area (Å²) in [6, 6.07) is 10.5. The van der Waals surface area contributed by atoms with E-state index in [0.717, 1.165) is 9.01 Å². The lowest BCUT2D eigenvalue weighted by Gasteiger charge is -2.13. The number of hydrogen-bond acceptors (Lipinski definition) is 6. The molecule has 2 amide bonds. The molecular weight excluding hydrogens is 322 g/mol. The number of fused-ring (bicyclic) bond motifs is 1. The van der Waals surface area contributed by atoms with Crippen LogP contribution in [0.25, 0.3) is 10.2 Å². The maximum absolute atomic E-state index is 12.1. The van der Waals surface area contributed by atoms with Crippen LogP contribution in [0.15, 0.2) is 42.5 Å². The number of urea groups is 1. The van der Waals surface area contributed by atoms with Gasteiger partial charge in [0.25, 0.3) is 0 Å². The van der Waals surface area contributed by atoms with Gasteiger partial charge in [-0.2, -0.15) is 0 Å². The smallest absolute Gasteiger partial charge is 0.338 e. The van der Waals surface area contributed by atoms with Gasteiger partial charge >= 0.3 is 6.03 Å². The molecule has 8 heteroatoms. The molecule has 0 unspecified atom stereocenters. The van der Waals surface area contributed by atoms with Gasteiger partial charge in [-0.3, -0.25) is 0 Å². The van der Waals surface area contributed by atoms with E-state index >= 15 is 0 Å². The normalized spacial score (nSPS) is 10.6. The Morgan fingerprint density at radius 3 is 2.73 bits per heavy atom. The van der Waals surface area contributed by atoms with Crippen molar-refractivity contribution < 1.29 is 15.0 Å². The zero-order chi connectivity index (χ0) is 15.7. The van der Waals surface area contributed by atoms with E-state index in [-0.39, 0.29) is 11.5 Å². The molecule has 0 atom stereocenters. The van der Waals surface area contributed by atoms with Crippen molar-refractivity contribution in [1.82, 2.24) is 4.98 Å². The third-order valence-electron chi connectivity index (χ3n) is 2.83. The molecule has 1 heterocycles. The number of nitrogens with one attached hydrogen (secondary N) is 1. The summed E-state index contributed by atoms with van der Waals surface area (Å²) in [6.07, 6.45) is 0. The van der Waals surface area contributed by atoms with E-state index in [2.05, 4.69) is 23.1 Å².